The first-order valence-corrected chi connectivity index (χ1v) is 6.86. The Kier molecular flexibility index (Phi) is 2.98. The molecule has 0 bridgehead atoms. The van der Waals surface area contributed by atoms with E-state index in [-0.39, 0.29) is 0 Å². The second-order valence-electron chi connectivity index (χ2n) is 4.66. The first-order chi connectivity index (χ1) is 7.84. The summed E-state index contributed by atoms with van der Waals surface area (Å²) in [4.78, 5) is 4.03. The van der Waals surface area contributed by atoms with Crippen molar-refractivity contribution in [3.63, 3.8) is 0 Å². The van der Waals surface area contributed by atoms with Crippen molar-refractivity contribution in [3.8, 4) is 0 Å². The molecular formula is C12H18N2OS. The third-order valence-electron chi connectivity index (χ3n) is 3.60. The van der Waals surface area contributed by atoms with Gasteiger partial charge in [0.05, 0.1) is 13.2 Å². The zero-order valence-electron chi connectivity index (χ0n) is 9.39. The van der Waals surface area contributed by atoms with Crippen LogP contribution in [-0.2, 0) is 11.2 Å². The minimum Gasteiger partial charge on any atom is -0.379 e. The Morgan fingerprint density at radius 2 is 2.19 bits per heavy atom. The van der Waals surface area contributed by atoms with Crippen LogP contribution in [0.5, 0.6) is 0 Å². The summed E-state index contributed by atoms with van der Waals surface area (Å²) in [6, 6.07) is 3.15. The molecule has 2 atom stereocenters. The average molecular weight is 238 g/mol. The summed E-state index contributed by atoms with van der Waals surface area (Å²) in [5, 5.41) is 2.20. The van der Waals surface area contributed by atoms with Crippen molar-refractivity contribution >= 4 is 11.3 Å². The van der Waals surface area contributed by atoms with E-state index < -0.39 is 0 Å². The van der Waals surface area contributed by atoms with E-state index >= 15 is 0 Å². The number of hydrogen-bond donors (Lipinski definition) is 1. The molecule has 1 saturated heterocycles. The van der Waals surface area contributed by atoms with E-state index in [0.717, 1.165) is 39.1 Å². The third-order valence-corrected chi connectivity index (χ3v) is 4.56. The normalized spacial score (nSPS) is 31.3. The first-order valence-electron chi connectivity index (χ1n) is 5.98. The summed E-state index contributed by atoms with van der Waals surface area (Å²) in [6.45, 7) is 3.83. The number of nitrogens with zero attached hydrogens (tertiary/aromatic N) is 1. The molecule has 0 amide bonds. The Labute approximate surface area is 100 Å². The quantitative estimate of drug-likeness (QED) is 0.803. The summed E-state index contributed by atoms with van der Waals surface area (Å²) in [5.41, 5.74) is 7.68. The van der Waals surface area contributed by atoms with Crippen molar-refractivity contribution in [2.24, 2.45) is 5.73 Å². The fourth-order valence-corrected chi connectivity index (χ4v) is 3.81. The Balaban J connectivity index is 1.84. The fourth-order valence-electron chi connectivity index (χ4n) is 2.78. The molecule has 1 aliphatic heterocycles. The molecule has 1 aliphatic carbocycles. The highest BCUT2D eigenvalue weighted by Gasteiger charge is 2.30. The van der Waals surface area contributed by atoms with Crippen molar-refractivity contribution in [1.82, 2.24) is 4.90 Å². The standard InChI is InChI=1S/C12H18N2OS/c13-9-7-11(14-2-4-15-5-3-14)10-1-6-16-12(10)8-9/h1,6,9,11H,2-5,7-8,13H2. The lowest BCUT2D eigenvalue weighted by atomic mass is 9.89. The molecule has 1 aromatic rings. The van der Waals surface area contributed by atoms with Gasteiger partial charge in [-0.3, -0.25) is 4.90 Å². The third kappa shape index (κ3) is 1.91. The largest absolute Gasteiger partial charge is 0.379 e. The Hall–Kier alpha value is -0.420. The Bertz CT molecular complexity index is 360. The summed E-state index contributed by atoms with van der Waals surface area (Å²) in [6.07, 6.45) is 2.16. The van der Waals surface area contributed by atoms with Crippen molar-refractivity contribution in [3.05, 3.63) is 21.9 Å². The van der Waals surface area contributed by atoms with Crippen LogP contribution in [-0.4, -0.2) is 37.2 Å². The van der Waals surface area contributed by atoms with Gasteiger partial charge < -0.3 is 10.5 Å². The number of morpholine rings is 1. The monoisotopic (exact) mass is 238 g/mol. The molecule has 0 spiro atoms. The first kappa shape index (κ1) is 10.7. The second kappa shape index (κ2) is 4.45. The molecular weight excluding hydrogens is 220 g/mol. The van der Waals surface area contributed by atoms with Crippen molar-refractivity contribution in [2.75, 3.05) is 26.3 Å². The van der Waals surface area contributed by atoms with Gasteiger partial charge in [0, 0.05) is 30.1 Å². The average Bonchev–Trinajstić information content (AvgIpc) is 2.77. The zero-order valence-corrected chi connectivity index (χ0v) is 10.2. The molecule has 2 heterocycles. The maximum Gasteiger partial charge on any atom is 0.0594 e. The molecule has 3 rings (SSSR count). The molecule has 0 radical (unpaired) electrons. The van der Waals surface area contributed by atoms with Crippen LogP contribution >= 0.6 is 11.3 Å². The van der Waals surface area contributed by atoms with Crippen LogP contribution in [0.15, 0.2) is 11.4 Å². The SMILES string of the molecule is NC1Cc2sccc2C(N2CCOCC2)C1. The predicted molar refractivity (Wildman–Crippen MR) is 65.7 cm³/mol. The molecule has 1 aromatic heterocycles. The lowest BCUT2D eigenvalue weighted by Gasteiger charge is -2.38. The van der Waals surface area contributed by atoms with Gasteiger partial charge in [-0.05, 0) is 29.9 Å². The summed E-state index contributed by atoms with van der Waals surface area (Å²) in [7, 11) is 0. The Morgan fingerprint density at radius 1 is 1.38 bits per heavy atom. The number of rotatable bonds is 1. The number of nitrogens with two attached hydrogens (primary N) is 1. The smallest absolute Gasteiger partial charge is 0.0594 e. The van der Waals surface area contributed by atoms with E-state index in [0.29, 0.717) is 12.1 Å². The second-order valence-corrected chi connectivity index (χ2v) is 5.66. The number of fused-ring (bicyclic) bond motifs is 1. The summed E-state index contributed by atoms with van der Waals surface area (Å²) in [5.74, 6) is 0. The molecule has 2 aliphatic rings. The lowest BCUT2D eigenvalue weighted by Crippen LogP contribution is -2.43. The van der Waals surface area contributed by atoms with Crippen LogP contribution < -0.4 is 5.73 Å². The predicted octanol–water partition coefficient (Wildman–Crippen LogP) is 1.39. The van der Waals surface area contributed by atoms with Gasteiger partial charge in [-0.2, -0.15) is 0 Å². The highest BCUT2D eigenvalue weighted by atomic mass is 32.1. The van der Waals surface area contributed by atoms with Crippen LogP contribution in [0, 0.1) is 0 Å². The highest BCUT2D eigenvalue weighted by Crippen LogP contribution is 2.36. The zero-order chi connectivity index (χ0) is 11.0. The van der Waals surface area contributed by atoms with Crippen LogP contribution in [0.25, 0.3) is 0 Å². The molecule has 1 fully saturated rings. The van der Waals surface area contributed by atoms with E-state index in [9.17, 15) is 0 Å². The van der Waals surface area contributed by atoms with Gasteiger partial charge in [-0.25, -0.2) is 0 Å². The van der Waals surface area contributed by atoms with Crippen LogP contribution in [0.1, 0.15) is 22.9 Å². The maximum atomic E-state index is 6.15. The minimum absolute atomic E-state index is 0.332. The van der Waals surface area contributed by atoms with Crippen LogP contribution in [0.4, 0.5) is 0 Å². The molecule has 0 aromatic carbocycles. The topological polar surface area (TPSA) is 38.5 Å². The molecule has 2 N–H and O–H groups in total. The maximum absolute atomic E-state index is 6.15. The van der Waals surface area contributed by atoms with Crippen molar-refractivity contribution in [1.29, 1.82) is 0 Å². The number of ether oxygens (including phenoxy) is 1. The van der Waals surface area contributed by atoms with Gasteiger partial charge in [-0.15, -0.1) is 11.3 Å². The molecule has 0 saturated carbocycles. The van der Waals surface area contributed by atoms with Crippen molar-refractivity contribution < 1.29 is 4.74 Å². The number of hydrogen-bond acceptors (Lipinski definition) is 4. The van der Waals surface area contributed by atoms with E-state index in [4.69, 9.17) is 10.5 Å². The van der Waals surface area contributed by atoms with E-state index in [1.54, 1.807) is 0 Å². The molecule has 16 heavy (non-hydrogen) atoms. The highest BCUT2D eigenvalue weighted by molar-refractivity contribution is 7.10. The molecule has 4 heteroatoms. The fraction of sp³-hybridized carbons (Fsp3) is 0.667. The summed E-state index contributed by atoms with van der Waals surface area (Å²) >= 11 is 1.86. The molecule has 88 valence electrons. The van der Waals surface area contributed by atoms with Gasteiger partial charge in [0.1, 0.15) is 0 Å². The molecule has 3 nitrogen and oxygen atoms in total. The van der Waals surface area contributed by atoms with Gasteiger partial charge in [-0.1, -0.05) is 0 Å². The van der Waals surface area contributed by atoms with E-state index in [2.05, 4.69) is 16.3 Å². The van der Waals surface area contributed by atoms with Crippen LogP contribution in [0.3, 0.4) is 0 Å². The van der Waals surface area contributed by atoms with Crippen molar-refractivity contribution in [2.45, 2.75) is 24.9 Å². The van der Waals surface area contributed by atoms with Gasteiger partial charge in [0.2, 0.25) is 0 Å². The van der Waals surface area contributed by atoms with E-state index in [1.165, 1.54) is 10.4 Å². The summed E-state index contributed by atoms with van der Waals surface area (Å²) < 4.78 is 5.42. The lowest BCUT2D eigenvalue weighted by molar-refractivity contribution is 0.0114. The van der Waals surface area contributed by atoms with Gasteiger partial charge in [0.15, 0.2) is 0 Å². The van der Waals surface area contributed by atoms with Gasteiger partial charge in [0.25, 0.3) is 0 Å². The Morgan fingerprint density at radius 3 is 3.00 bits per heavy atom. The minimum atomic E-state index is 0.332. The van der Waals surface area contributed by atoms with Crippen LogP contribution in [0.2, 0.25) is 0 Å². The van der Waals surface area contributed by atoms with Gasteiger partial charge >= 0.3 is 0 Å². The van der Waals surface area contributed by atoms with E-state index in [1.807, 2.05) is 11.3 Å². The number of thiophene rings is 1. The molecule has 2 unspecified atom stereocenters.